The van der Waals surface area contributed by atoms with Gasteiger partial charge in [0.2, 0.25) is 10.0 Å². The number of fused-ring (bicyclic) bond motifs is 1. The lowest BCUT2D eigenvalue weighted by molar-refractivity contribution is 0.414. The van der Waals surface area contributed by atoms with Crippen LogP contribution in [0.5, 0.6) is 0 Å². The number of benzene rings is 3. The second-order valence-corrected chi connectivity index (χ2v) is 8.49. The smallest absolute Gasteiger partial charge is 0.211 e. The summed E-state index contributed by atoms with van der Waals surface area (Å²) >= 11 is 0. The molecule has 26 heavy (non-hydrogen) atoms. The Hall–Kier alpha value is -2.21. The fourth-order valence-electron chi connectivity index (χ4n) is 3.10. The molecule has 136 valence electrons. The molecule has 0 heterocycles. The highest BCUT2D eigenvalue weighted by atomic mass is 32.2. The van der Waals surface area contributed by atoms with E-state index in [0.717, 1.165) is 16.7 Å². The number of hydrogen-bond acceptors (Lipinski definition) is 3. The first-order valence-corrected chi connectivity index (χ1v) is 10.5. The molecular formula is C21H24N2O2S. The van der Waals surface area contributed by atoms with E-state index < -0.39 is 10.0 Å². The van der Waals surface area contributed by atoms with Gasteiger partial charge in [0.15, 0.2) is 0 Å². The van der Waals surface area contributed by atoms with Gasteiger partial charge in [-0.3, -0.25) is 0 Å². The summed E-state index contributed by atoms with van der Waals surface area (Å²) in [5.74, 6) is 0. The lowest BCUT2D eigenvalue weighted by Crippen LogP contribution is -2.31. The summed E-state index contributed by atoms with van der Waals surface area (Å²) in [6, 6.07) is 22.1. The maximum absolute atomic E-state index is 12.2. The lowest BCUT2D eigenvalue weighted by Gasteiger charge is -2.20. The van der Waals surface area contributed by atoms with Crippen molar-refractivity contribution in [3.63, 3.8) is 0 Å². The molecule has 0 fully saturated rings. The van der Waals surface area contributed by atoms with Crippen LogP contribution in [-0.4, -0.2) is 25.5 Å². The Kier molecular flexibility index (Phi) is 5.71. The maximum Gasteiger partial charge on any atom is 0.211 e. The van der Waals surface area contributed by atoms with Gasteiger partial charge in [-0.25, -0.2) is 8.42 Å². The SMILES string of the molecule is CS(=O)(=O)N(CCc1cccc2ccccc12)Cc1ccc(CN)cc1. The summed E-state index contributed by atoms with van der Waals surface area (Å²) in [7, 11) is -3.29. The highest BCUT2D eigenvalue weighted by molar-refractivity contribution is 7.88. The van der Waals surface area contributed by atoms with Gasteiger partial charge in [0.25, 0.3) is 0 Å². The molecule has 0 saturated carbocycles. The first-order valence-electron chi connectivity index (χ1n) is 8.67. The topological polar surface area (TPSA) is 63.4 Å². The van der Waals surface area contributed by atoms with Crippen LogP contribution in [0.2, 0.25) is 0 Å². The van der Waals surface area contributed by atoms with Crippen LogP contribution in [0.15, 0.2) is 66.7 Å². The summed E-state index contributed by atoms with van der Waals surface area (Å²) in [6.07, 6.45) is 1.94. The normalized spacial score (nSPS) is 12.0. The first-order chi connectivity index (χ1) is 12.5. The minimum Gasteiger partial charge on any atom is -0.326 e. The predicted octanol–water partition coefficient (Wildman–Crippen LogP) is 3.30. The van der Waals surface area contributed by atoms with Crippen LogP contribution in [-0.2, 0) is 29.5 Å². The van der Waals surface area contributed by atoms with Crippen molar-refractivity contribution >= 4 is 20.8 Å². The molecule has 0 aliphatic rings. The van der Waals surface area contributed by atoms with Crippen LogP contribution in [0.3, 0.4) is 0 Å². The molecule has 2 N–H and O–H groups in total. The molecule has 0 aliphatic carbocycles. The molecule has 3 aromatic rings. The van der Waals surface area contributed by atoms with E-state index in [4.69, 9.17) is 5.73 Å². The highest BCUT2D eigenvalue weighted by Gasteiger charge is 2.17. The van der Waals surface area contributed by atoms with Gasteiger partial charge in [0, 0.05) is 19.6 Å². The summed E-state index contributed by atoms with van der Waals surface area (Å²) < 4.78 is 26.0. The van der Waals surface area contributed by atoms with E-state index in [2.05, 4.69) is 24.3 Å². The fraction of sp³-hybridized carbons (Fsp3) is 0.238. The van der Waals surface area contributed by atoms with E-state index >= 15 is 0 Å². The monoisotopic (exact) mass is 368 g/mol. The van der Waals surface area contributed by atoms with E-state index in [1.807, 2.05) is 42.5 Å². The fourth-order valence-corrected chi connectivity index (χ4v) is 3.91. The minimum atomic E-state index is -3.29. The van der Waals surface area contributed by atoms with Gasteiger partial charge in [0.1, 0.15) is 0 Å². The molecule has 4 nitrogen and oxygen atoms in total. The third kappa shape index (κ3) is 4.49. The first kappa shape index (κ1) is 18.6. The summed E-state index contributed by atoms with van der Waals surface area (Å²) in [5, 5.41) is 2.35. The summed E-state index contributed by atoms with van der Waals surface area (Å²) in [6.45, 7) is 1.30. The lowest BCUT2D eigenvalue weighted by atomic mass is 10.0. The molecule has 0 aliphatic heterocycles. The molecule has 0 radical (unpaired) electrons. The minimum absolute atomic E-state index is 0.369. The number of hydrogen-bond donors (Lipinski definition) is 1. The zero-order valence-electron chi connectivity index (χ0n) is 14.9. The molecule has 5 heteroatoms. The van der Waals surface area contributed by atoms with Crippen molar-refractivity contribution in [1.29, 1.82) is 0 Å². The Morgan fingerprint density at radius 1 is 0.885 bits per heavy atom. The zero-order valence-corrected chi connectivity index (χ0v) is 15.7. The number of sulfonamides is 1. The van der Waals surface area contributed by atoms with Gasteiger partial charge in [-0.2, -0.15) is 4.31 Å². The predicted molar refractivity (Wildman–Crippen MR) is 107 cm³/mol. The van der Waals surface area contributed by atoms with Crippen LogP contribution in [0.4, 0.5) is 0 Å². The highest BCUT2D eigenvalue weighted by Crippen LogP contribution is 2.20. The summed E-state index contributed by atoms with van der Waals surface area (Å²) in [4.78, 5) is 0. The van der Waals surface area contributed by atoms with Gasteiger partial charge in [-0.05, 0) is 33.9 Å². The van der Waals surface area contributed by atoms with Gasteiger partial charge in [0.05, 0.1) is 6.26 Å². The number of rotatable bonds is 7. The Morgan fingerprint density at radius 3 is 2.23 bits per heavy atom. The van der Waals surface area contributed by atoms with Crippen molar-refractivity contribution in [3.05, 3.63) is 83.4 Å². The van der Waals surface area contributed by atoms with Gasteiger partial charge in [-0.1, -0.05) is 66.7 Å². The van der Waals surface area contributed by atoms with Crippen molar-refractivity contribution in [2.24, 2.45) is 5.73 Å². The average molecular weight is 369 g/mol. The van der Waals surface area contributed by atoms with Crippen molar-refractivity contribution in [2.75, 3.05) is 12.8 Å². The van der Waals surface area contributed by atoms with Crippen LogP contribution < -0.4 is 5.73 Å². The Bertz CT molecular complexity index is 977. The number of nitrogens with zero attached hydrogens (tertiary/aromatic N) is 1. The molecule has 0 saturated heterocycles. The van der Waals surface area contributed by atoms with E-state index in [0.29, 0.717) is 26.1 Å². The van der Waals surface area contributed by atoms with Gasteiger partial charge >= 0.3 is 0 Å². The maximum atomic E-state index is 12.2. The number of nitrogens with two attached hydrogens (primary N) is 1. The standard InChI is InChI=1S/C21H24N2O2S/c1-26(24,25)23(16-18-11-9-17(15-22)10-12-18)14-13-20-7-4-6-19-5-2-3-8-21(19)20/h2-12H,13-16,22H2,1H3. The molecule has 0 aromatic heterocycles. The van der Waals surface area contributed by atoms with Gasteiger partial charge in [-0.15, -0.1) is 0 Å². The van der Waals surface area contributed by atoms with Crippen molar-refractivity contribution in [2.45, 2.75) is 19.5 Å². The van der Waals surface area contributed by atoms with Crippen LogP contribution in [0, 0.1) is 0 Å². The van der Waals surface area contributed by atoms with E-state index in [9.17, 15) is 8.42 Å². The molecule has 3 rings (SSSR count). The van der Waals surface area contributed by atoms with Gasteiger partial charge < -0.3 is 5.73 Å². The Labute approximate surface area is 155 Å². The Balaban J connectivity index is 1.78. The summed E-state index contributed by atoms with van der Waals surface area (Å²) in [5.41, 5.74) is 8.78. The van der Waals surface area contributed by atoms with Crippen molar-refractivity contribution < 1.29 is 8.42 Å². The zero-order chi connectivity index (χ0) is 18.6. The molecular weight excluding hydrogens is 344 g/mol. The van der Waals surface area contributed by atoms with Crippen LogP contribution in [0.25, 0.3) is 10.8 Å². The van der Waals surface area contributed by atoms with Crippen molar-refractivity contribution in [1.82, 2.24) is 4.31 Å². The molecule has 3 aromatic carbocycles. The van der Waals surface area contributed by atoms with Crippen LogP contribution >= 0.6 is 0 Å². The second kappa shape index (κ2) is 7.99. The van der Waals surface area contributed by atoms with E-state index in [1.54, 1.807) is 0 Å². The molecule has 0 amide bonds. The van der Waals surface area contributed by atoms with E-state index in [-0.39, 0.29) is 0 Å². The van der Waals surface area contributed by atoms with E-state index in [1.165, 1.54) is 21.3 Å². The third-order valence-corrected chi connectivity index (χ3v) is 5.85. The quantitative estimate of drug-likeness (QED) is 0.696. The largest absolute Gasteiger partial charge is 0.326 e. The Morgan fingerprint density at radius 2 is 1.54 bits per heavy atom. The second-order valence-electron chi connectivity index (χ2n) is 6.51. The third-order valence-electron chi connectivity index (χ3n) is 4.60. The van der Waals surface area contributed by atoms with Crippen molar-refractivity contribution in [3.8, 4) is 0 Å². The molecule has 0 unspecified atom stereocenters. The average Bonchev–Trinajstić information content (AvgIpc) is 2.64. The molecule has 0 spiro atoms. The molecule has 0 atom stereocenters. The van der Waals surface area contributed by atoms with Crippen LogP contribution in [0.1, 0.15) is 16.7 Å². The molecule has 0 bridgehead atoms.